The van der Waals surface area contributed by atoms with Crippen molar-refractivity contribution in [2.24, 2.45) is 5.73 Å². The summed E-state index contributed by atoms with van der Waals surface area (Å²) in [4.78, 5) is 0. The van der Waals surface area contributed by atoms with Crippen molar-refractivity contribution in [3.8, 4) is 10.9 Å². The van der Waals surface area contributed by atoms with Crippen molar-refractivity contribution in [1.82, 2.24) is 10.2 Å². The summed E-state index contributed by atoms with van der Waals surface area (Å²) in [5, 5.41) is 5.16. The molecule has 0 saturated heterocycles. The number of aromatic nitrogens is 2. The molecule has 0 unspecified atom stereocenters. The number of alkyl halides is 3. The monoisotopic (exact) mass is 353 g/mol. The Hall–Kier alpha value is -1.19. The van der Waals surface area contributed by atoms with Gasteiger partial charge in [0.1, 0.15) is 5.75 Å². The van der Waals surface area contributed by atoms with Gasteiger partial charge >= 0.3 is 6.18 Å². The molecule has 0 radical (unpaired) electrons. The molecular formula is C10H7BrF3N3OS. The molecule has 1 aromatic heterocycles. The number of hydrogen-bond donors (Lipinski definition) is 1. The molecule has 0 bridgehead atoms. The average Bonchev–Trinajstić information content (AvgIpc) is 2.79. The zero-order valence-electron chi connectivity index (χ0n) is 9.24. The normalized spacial score (nSPS) is 11.6. The predicted molar refractivity (Wildman–Crippen MR) is 67.0 cm³/mol. The van der Waals surface area contributed by atoms with Crippen molar-refractivity contribution in [2.75, 3.05) is 0 Å². The van der Waals surface area contributed by atoms with E-state index in [1.807, 2.05) is 0 Å². The van der Waals surface area contributed by atoms with Crippen LogP contribution in [0.1, 0.15) is 10.6 Å². The Kier molecular flexibility index (Phi) is 4.07. The first-order valence-electron chi connectivity index (χ1n) is 4.97. The quantitative estimate of drug-likeness (QED) is 0.916. The Balaban J connectivity index is 2.24. The highest BCUT2D eigenvalue weighted by molar-refractivity contribution is 9.10. The lowest BCUT2D eigenvalue weighted by Gasteiger charge is -2.07. The Morgan fingerprint density at radius 3 is 2.63 bits per heavy atom. The SMILES string of the molecule is NCc1cc(Br)ccc1Oc1nnc(C(F)(F)F)s1. The molecule has 0 aliphatic carbocycles. The number of halogens is 4. The van der Waals surface area contributed by atoms with Gasteiger partial charge in [-0.25, -0.2) is 0 Å². The van der Waals surface area contributed by atoms with E-state index in [-0.39, 0.29) is 11.7 Å². The predicted octanol–water partition coefficient (Wildman–Crippen LogP) is 3.57. The molecule has 2 rings (SSSR count). The van der Waals surface area contributed by atoms with E-state index in [4.69, 9.17) is 10.5 Å². The van der Waals surface area contributed by atoms with Crippen LogP contribution in [0.15, 0.2) is 22.7 Å². The smallest absolute Gasteiger partial charge is 0.429 e. The van der Waals surface area contributed by atoms with Crippen LogP contribution in [0.25, 0.3) is 0 Å². The highest BCUT2D eigenvalue weighted by Gasteiger charge is 2.36. The summed E-state index contributed by atoms with van der Waals surface area (Å²) in [6.07, 6.45) is -4.52. The average molecular weight is 354 g/mol. The molecule has 102 valence electrons. The fraction of sp³-hybridized carbons (Fsp3) is 0.200. The van der Waals surface area contributed by atoms with E-state index < -0.39 is 11.2 Å². The minimum absolute atomic E-state index is 0.177. The van der Waals surface area contributed by atoms with Crippen LogP contribution in [0.4, 0.5) is 13.2 Å². The second kappa shape index (κ2) is 5.43. The molecular weight excluding hydrogens is 347 g/mol. The molecule has 2 aromatic rings. The van der Waals surface area contributed by atoms with Gasteiger partial charge < -0.3 is 10.5 Å². The van der Waals surface area contributed by atoms with Crippen molar-refractivity contribution in [1.29, 1.82) is 0 Å². The van der Waals surface area contributed by atoms with Gasteiger partial charge in [0.25, 0.3) is 5.19 Å². The fourth-order valence-electron chi connectivity index (χ4n) is 1.27. The second-order valence-corrected chi connectivity index (χ2v) is 5.28. The van der Waals surface area contributed by atoms with Crippen LogP contribution in [-0.2, 0) is 12.7 Å². The lowest BCUT2D eigenvalue weighted by molar-refractivity contribution is -0.138. The Morgan fingerprint density at radius 2 is 2.05 bits per heavy atom. The molecule has 0 aliphatic rings. The number of rotatable bonds is 3. The van der Waals surface area contributed by atoms with Gasteiger partial charge in [-0.05, 0) is 18.2 Å². The summed E-state index contributed by atoms with van der Waals surface area (Å²) in [5.74, 6) is 0.357. The van der Waals surface area contributed by atoms with Crippen molar-refractivity contribution in [3.05, 3.63) is 33.2 Å². The van der Waals surface area contributed by atoms with E-state index in [0.29, 0.717) is 22.6 Å². The molecule has 0 amide bonds. The largest absolute Gasteiger partial charge is 0.445 e. The summed E-state index contributed by atoms with van der Waals surface area (Å²) >= 11 is 3.60. The molecule has 0 saturated carbocycles. The third-order valence-corrected chi connectivity index (χ3v) is 3.43. The van der Waals surface area contributed by atoms with Crippen LogP contribution in [0, 0.1) is 0 Å². The Labute approximate surface area is 118 Å². The van der Waals surface area contributed by atoms with Gasteiger partial charge in [-0.3, -0.25) is 0 Å². The standard InChI is InChI=1S/C10H7BrF3N3OS/c11-6-1-2-7(5(3-6)4-15)18-9-17-16-8(19-9)10(12,13)14/h1-3H,4,15H2. The lowest BCUT2D eigenvalue weighted by atomic mass is 10.2. The molecule has 19 heavy (non-hydrogen) atoms. The third kappa shape index (κ3) is 3.43. The van der Waals surface area contributed by atoms with E-state index in [2.05, 4.69) is 26.1 Å². The maximum atomic E-state index is 12.4. The minimum atomic E-state index is -4.52. The maximum absolute atomic E-state index is 12.4. The van der Waals surface area contributed by atoms with E-state index in [9.17, 15) is 13.2 Å². The van der Waals surface area contributed by atoms with Crippen LogP contribution in [0.2, 0.25) is 0 Å². The van der Waals surface area contributed by atoms with Gasteiger partial charge in [0.2, 0.25) is 5.01 Å². The van der Waals surface area contributed by atoms with Crippen molar-refractivity contribution >= 4 is 27.3 Å². The summed E-state index contributed by atoms with van der Waals surface area (Å²) in [7, 11) is 0. The van der Waals surface area contributed by atoms with Gasteiger partial charge in [-0.2, -0.15) is 13.2 Å². The lowest BCUT2D eigenvalue weighted by Crippen LogP contribution is -2.03. The molecule has 0 fully saturated rings. The summed E-state index contributed by atoms with van der Waals surface area (Å²) in [6, 6.07) is 5.02. The number of benzene rings is 1. The van der Waals surface area contributed by atoms with Gasteiger partial charge in [-0.15, -0.1) is 5.10 Å². The highest BCUT2D eigenvalue weighted by Crippen LogP contribution is 2.36. The third-order valence-electron chi connectivity index (χ3n) is 2.09. The van der Waals surface area contributed by atoms with Gasteiger partial charge in [0.05, 0.1) is 0 Å². The molecule has 9 heteroatoms. The summed E-state index contributed by atoms with van der Waals surface area (Å²) < 4.78 is 43.2. The molecule has 0 spiro atoms. The number of nitrogens with two attached hydrogens (primary N) is 1. The molecule has 2 N–H and O–H groups in total. The fourth-order valence-corrected chi connectivity index (χ4v) is 2.25. The van der Waals surface area contributed by atoms with Crippen LogP contribution in [-0.4, -0.2) is 10.2 Å². The van der Waals surface area contributed by atoms with Crippen LogP contribution < -0.4 is 10.5 Å². The number of nitrogens with zero attached hydrogens (tertiary/aromatic N) is 2. The van der Waals surface area contributed by atoms with Gasteiger partial charge in [0.15, 0.2) is 0 Å². The molecule has 1 aromatic carbocycles. The Morgan fingerprint density at radius 1 is 1.32 bits per heavy atom. The zero-order chi connectivity index (χ0) is 14.0. The highest BCUT2D eigenvalue weighted by atomic mass is 79.9. The van der Waals surface area contributed by atoms with Gasteiger partial charge in [-0.1, -0.05) is 32.4 Å². The second-order valence-electron chi connectivity index (χ2n) is 3.43. The molecule has 4 nitrogen and oxygen atoms in total. The van der Waals surface area contributed by atoms with E-state index in [1.165, 1.54) is 0 Å². The van der Waals surface area contributed by atoms with Crippen LogP contribution >= 0.6 is 27.3 Å². The van der Waals surface area contributed by atoms with E-state index in [0.717, 1.165) is 4.47 Å². The summed E-state index contributed by atoms with van der Waals surface area (Å²) in [5.41, 5.74) is 6.19. The summed E-state index contributed by atoms with van der Waals surface area (Å²) in [6.45, 7) is 0.194. The molecule has 0 atom stereocenters. The maximum Gasteiger partial charge on any atom is 0.445 e. The van der Waals surface area contributed by atoms with Crippen molar-refractivity contribution in [2.45, 2.75) is 12.7 Å². The first-order chi connectivity index (χ1) is 8.90. The number of hydrogen-bond acceptors (Lipinski definition) is 5. The number of ether oxygens (including phenoxy) is 1. The topological polar surface area (TPSA) is 61.0 Å². The minimum Gasteiger partial charge on any atom is -0.429 e. The first kappa shape index (κ1) is 14.2. The van der Waals surface area contributed by atoms with Gasteiger partial charge in [0, 0.05) is 16.6 Å². The first-order valence-corrected chi connectivity index (χ1v) is 6.58. The zero-order valence-corrected chi connectivity index (χ0v) is 11.6. The Bertz CT molecular complexity index is 588. The van der Waals surface area contributed by atoms with Crippen molar-refractivity contribution in [3.63, 3.8) is 0 Å². The van der Waals surface area contributed by atoms with E-state index >= 15 is 0 Å². The molecule has 0 aliphatic heterocycles. The van der Waals surface area contributed by atoms with Crippen LogP contribution in [0.3, 0.4) is 0 Å². The van der Waals surface area contributed by atoms with Crippen LogP contribution in [0.5, 0.6) is 10.9 Å². The van der Waals surface area contributed by atoms with Crippen molar-refractivity contribution < 1.29 is 17.9 Å². The van der Waals surface area contributed by atoms with E-state index in [1.54, 1.807) is 18.2 Å². The molecule has 1 heterocycles.